The fourth-order valence-corrected chi connectivity index (χ4v) is 0.760. The van der Waals surface area contributed by atoms with Gasteiger partial charge in [-0.3, -0.25) is 0 Å². The van der Waals surface area contributed by atoms with Crippen LogP contribution in [0.1, 0.15) is 0 Å². The Morgan fingerprint density at radius 1 is 1.67 bits per heavy atom. The summed E-state index contributed by atoms with van der Waals surface area (Å²) >= 11 is 2.94. The van der Waals surface area contributed by atoms with Crippen LogP contribution in [0.2, 0.25) is 0 Å². The smallest absolute Gasteiger partial charge is 0.141 e. The van der Waals surface area contributed by atoms with E-state index in [1.165, 1.54) is 0 Å². The van der Waals surface area contributed by atoms with Gasteiger partial charge in [0.25, 0.3) is 0 Å². The third-order valence-corrected chi connectivity index (χ3v) is 1.59. The van der Waals surface area contributed by atoms with Gasteiger partial charge in [-0.2, -0.15) is 4.91 Å². The zero-order chi connectivity index (χ0) is 7.28. The monoisotopic (exact) mass is 197 g/mol. The summed E-state index contributed by atoms with van der Waals surface area (Å²) in [5.74, 6) is 0. The van der Waals surface area contributed by atoms with Crippen molar-refractivity contribution in [2.45, 2.75) is 12.1 Å². The standard InChI is InChI=1S/C4H8BrNO3/c5-1-4(8)3(2-7)6-9/h3-4,7-8H,1-2H2. The average molecular weight is 198 g/mol. The molecule has 0 spiro atoms. The van der Waals surface area contributed by atoms with Crippen LogP contribution in [-0.4, -0.2) is 34.3 Å². The molecule has 0 aliphatic rings. The fourth-order valence-electron chi connectivity index (χ4n) is 0.328. The maximum atomic E-state index is 9.75. The molecular weight excluding hydrogens is 190 g/mol. The molecule has 0 saturated carbocycles. The minimum atomic E-state index is -0.899. The molecule has 0 aromatic heterocycles. The van der Waals surface area contributed by atoms with Gasteiger partial charge in [-0.15, -0.1) is 0 Å². The van der Waals surface area contributed by atoms with Gasteiger partial charge in [0.05, 0.1) is 12.7 Å². The Morgan fingerprint density at radius 2 is 2.22 bits per heavy atom. The number of halogens is 1. The molecule has 0 bridgehead atoms. The second kappa shape index (κ2) is 4.84. The minimum Gasteiger partial charge on any atom is -0.394 e. The van der Waals surface area contributed by atoms with Crippen molar-refractivity contribution in [2.75, 3.05) is 11.9 Å². The summed E-state index contributed by atoms with van der Waals surface area (Å²) in [6.45, 7) is -0.406. The number of alkyl halides is 1. The lowest BCUT2D eigenvalue weighted by Gasteiger charge is -2.09. The molecule has 5 heteroatoms. The lowest BCUT2D eigenvalue weighted by molar-refractivity contribution is 0.128. The van der Waals surface area contributed by atoms with Crippen molar-refractivity contribution in [1.29, 1.82) is 0 Å². The average Bonchev–Trinajstić information content (AvgIpc) is 1.90. The number of aliphatic hydroxyl groups is 2. The van der Waals surface area contributed by atoms with Crippen molar-refractivity contribution in [2.24, 2.45) is 5.18 Å². The van der Waals surface area contributed by atoms with Gasteiger partial charge in [0.1, 0.15) is 6.04 Å². The zero-order valence-corrected chi connectivity index (χ0v) is 6.28. The summed E-state index contributed by atoms with van der Waals surface area (Å²) in [6, 6.07) is -0.899. The Morgan fingerprint density at radius 3 is 2.33 bits per heavy atom. The molecule has 0 radical (unpaired) electrons. The van der Waals surface area contributed by atoms with Gasteiger partial charge in [0.2, 0.25) is 0 Å². The fraction of sp³-hybridized carbons (Fsp3) is 1.00. The lowest BCUT2D eigenvalue weighted by Crippen LogP contribution is -2.28. The zero-order valence-electron chi connectivity index (χ0n) is 4.70. The first-order valence-electron chi connectivity index (χ1n) is 2.43. The van der Waals surface area contributed by atoms with Gasteiger partial charge in [0, 0.05) is 5.33 Å². The third-order valence-electron chi connectivity index (χ3n) is 0.925. The van der Waals surface area contributed by atoms with E-state index in [2.05, 4.69) is 21.1 Å². The highest BCUT2D eigenvalue weighted by Gasteiger charge is 2.16. The number of nitroso groups, excluding NO2 is 1. The third kappa shape index (κ3) is 2.88. The first kappa shape index (κ1) is 9.00. The van der Waals surface area contributed by atoms with Gasteiger partial charge in [-0.1, -0.05) is 21.1 Å². The normalized spacial score (nSPS) is 16.8. The Bertz CT molecular complexity index is 89.9. The van der Waals surface area contributed by atoms with Crippen molar-refractivity contribution in [3.63, 3.8) is 0 Å². The second-order valence-corrected chi connectivity index (χ2v) is 2.22. The molecule has 0 amide bonds. The van der Waals surface area contributed by atoms with Crippen LogP contribution in [0.25, 0.3) is 0 Å². The summed E-state index contributed by atoms with van der Waals surface area (Å²) in [5, 5.41) is 19.9. The van der Waals surface area contributed by atoms with E-state index in [0.717, 1.165) is 0 Å². The molecule has 0 rings (SSSR count). The summed E-state index contributed by atoms with van der Waals surface area (Å²) < 4.78 is 0. The minimum absolute atomic E-state index is 0.254. The second-order valence-electron chi connectivity index (χ2n) is 1.58. The van der Waals surface area contributed by atoms with Crippen molar-refractivity contribution < 1.29 is 10.2 Å². The van der Waals surface area contributed by atoms with Crippen LogP contribution >= 0.6 is 15.9 Å². The summed E-state index contributed by atoms with van der Waals surface area (Å²) in [6.07, 6.45) is -0.882. The van der Waals surface area contributed by atoms with E-state index in [1.54, 1.807) is 0 Å². The maximum absolute atomic E-state index is 9.75. The van der Waals surface area contributed by atoms with Crippen molar-refractivity contribution in [3.05, 3.63) is 4.91 Å². The van der Waals surface area contributed by atoms with Gasteiger partial charge >= 0.3 is 0 Å². The van der Waals surface area contributed by atoms with E-state index in [9.17, 15) is 4.91 Å². The van der Waals surface area contributed by atoms with E-state index in [0.29, 0.717) is 0 Å². The molecule has 0 aromatic rings. The Kier molecular flexibility index (Phi) is 4.84. The number of hydrogen-bond acceptors (Lipinski definition) is 4. The molecule has 0 saturated heterocycles. The summed E-state index contributed by atoms with van der Waals surface area (Å²) in [7, 11) is 0. The molecular formula is C4H8BrNO3. The quantitative estimate of drug-likeness (QED) is 0.488. The van der Waals surface area contributed by atoms with Crippen molar-refractivity contribution >= 4 is 15.9 Å². The number of rotatable bonds is 4. The van der Waals surface area contributed by atoms with Crippen LogP contribution in [0, 0.1) is 4.91 Å². The first-order chi connectivity index (χ1) is 4.26. The molecule has 0 fully saturated rings. The van der Waals surface area contributed by atoms with E-state index in [4.69, 9.17) is 10.2 Å². The van der Waals surface area contributed by atoms with Crippen molar-refractivity contribution in [1.82, 2.24) is 0 Å². The molecule has 9 heavy (non-hydrogen) atoms. The molecule has 0 aromatic carbocycles. The van der Waals surface area contributed by atoms with Gasteiger partial charge < -0.3 is 10.2 Å². The highest BCUT2D eigenvalue weighted by atomic mass is 79.9. The molecule has 2 atom stereocenters. The van der Waals surface area contributed by atoms with E-state index in [-0.39, 0.29) is 5.33 Å². The number of nitrogens with zero attached hydrogens (tertiary/aromatic N) is 1. The molecule has 2 unspecified atom stereocenters. The van der Waals surface area contributed by atoms with Crippen LogP contribution < -0.4 is 0 Å². The molecule has 0 aliphatic heterocycles. The molecule has 0 aliphatic carbocycles. The van der Waals surface area contributed by atoms with Crippen molar-refractivity contribution in [3.8, 4) is 0 Å². The highest BCUT2D eigenvalue weighted by molar-refractivity contribution is 9.09. The predicted octanol–water partition coefficient (Wildman–Crippen LogP) is -0.130. The SMILES string of the molecule is O=NC(CO)C(O)CBr. The molecule has 2 N–H and O–H groups in total. The van der Waals surface area contributed by atoms with Crippen LogP contribution in [-0.2, 0) is 0 Å². The highest BCUT2D eigenvalue weighted by Crippen LogP contribution is 2.00. The maximum Gasteiger partial charge on any atom is 0.141 e. The van der Waals surface area contributed by atoms with Crippen LogP contribution in [0.3, 0.4) is 0 Å². The first-order valence-corrected chi connectivity index (χ1v) is 3.55. The lowest BCUT2D eigenvalue weighted by atomic mass is 10.2. The Balaban J connectivity index is 3.63. The van der Waals surface area contributed by atoms with Gasteiger partial charge in [-0.25, -0.2) is 0 Å². The summed E-state index contributed by atoms with van der Waals surface area (Å²) in [5.41, 5.74) is 0. The van der Waals surface area contributed by atoms with Crippen LogP contribution in [0.15, 0.2) is 5.18 Å². The largest absolute Gasteiger partial charge is 0.394 e. The number of aliphatic hydroxyl groups excluding tert-OH is 2. The van der Waals surface area contributed by atoms with Crippen LogP contribution in [0.4, 0.5) is 0 Å². The van der Waals surface area contributed by atoms with Gasteiger partial charge in [0.15, 0.2) is 0 Å². The molecule has 54 valence electrons. The van der Waals surface area contributed by atoms with Crippen LogP contribution in [0.5, 0.6) is 0 Å². The van der Waals surface area contributed by atoms with E-state index >= 15 is 0 Å². The van der Waals surface area contributed by atoms with E-state index < -0.39 is 18.8 Å². The topological polar surface area (TPSA) is 69.9 Å². The molecule has 4 nitrogen and oxygen atoms in total. The summed E-state index contributed by atoms with van der Waals surface area (Å²) in [4.78, 5) is 9.75. The van der Waals surface area contributed by atoms with E-state index in [1.807, 2.05) is 0 Å². The van der Waals surface area contributed by atoms with Gasteiger partial charge in [-0.05, 0) is 0 Å². The Hall–Kier alpha value is 0. The Labute approximate surface area is 61.0 Å². The predicted molar refractivity (Wildman–Crippen MR) is 36.5 cm³/mol. The molecule has 0 heterocycles. The number of hydrogen-bond donors (Lipinski definition) is 2.